The summed E-state index contributed by atoms with van der Waals surface area (Å²) in [5.41, 5.74) is -1.03. The van der Waals surface area contributed by atoms with E-state index in [-0.39, 0.29) is 5.78 Å². The van der Waals surface area contributed by atoms with Crippen LogP contribution in [0.15, 0.2) is 0 Å². The van der Waals surface area contributed by atoms with Gasteiger partial charge in [-0.3, -0.25) is 14.5 Å². The summed E-state index contributed by atoms with van der Waals surface area (Å²) in [6.07, 6.45) is 3.50. The number of rotatable bonds is 5. The highest BCUT2D eigenvalue weighted by Gasteiger charge is 2.38. The maximum absolute atomic E-state index is 12.3. The minimum atomic E-state index is -1.03. The number of hydrogen-bond donors (Lipinski definition) is 0. The summed E-state index contributed by atoms with van der Waals surface area (Å²) >= 11 is 0. The summed E-state index contributed by atoms with van der Waals surface area (Å²) in [5, 5.41) is 0. The summed E-state index contributed by atoms with van der Waals surface area (Å²) < 4.78 is 4.97. The van der Waals surface area contributed by atoms with Gasteiger partial charge in [-0.25, -0.2) is 0 Å². The van der Waals surface area contributed by atoms with Crippen LogP contribution in [0.4, 0.5) is 0 Å². The molecule has 4 nitrogen and oxygen atoms in total. The lowest BCUT2D eigenvalue weighted by molar-refractivity contribution is -0.158. The number of piperidine rings is 1. The van der Waals surface area contributed by atoms with E-state index in [1.807, 2.05) is 0 Å². The van der Waals surface area contributed by atoms with E-state index < -0.39 is 11.4 Å². The first-order valence-electron chi connectivity index (χ1n) is 6.84. The minimum Gasteiger partial charge on any atom is -0.465 e. The van der Waals surface area contributed by atoms with Crippen molar-refractivity contribution >= 4 is 11.8 Å². The van der Waals surface area contributed by atoms with Gasteiger partial charge in [0.25, 0.3) is 0 Å². The summed E-state index contributed by atoms with van der Waals surface area (Å²) in [7, 11) is 0. The van der Waals surface area contributed by atoms with E-state index in [1.54, 1.807) is 20.8 Å². The average molecular weight is 255 g/mol. The number of nitrogens with zero attached hydrogens (tertiary/aromatic N) is 1. The summed E-state index contributed by atoms with van der Waals surface area (Å²) in [6.45, 7) is 8.83. The largest absolute Gasteiger partial charge is 0.465 e. The molecule has 1 aliphatic rings. The first-order valence-corrected chi connectivity index (χ1v) is 6.84. The SMILES string of the molecule is CCOC(=O)C(C)(C)C(=O)CN1CCCCC1C. The Labute approximate surface area is 110 Å². The molecule has 1 saturated heterocycles. The van der Waals surface area contributed by atoms with Crippen LogP contribution >= 0.6 is 0 Å². The third-order valence-electron chi connectivity index (χ3n) is 3.77. The highest BCUT2D eigenvalue weighted by Crippen LogP contribution is 2.22. The Morgan fingerprint density at radius 1 is 1.33 bits per heavy atom. The zero-order chi connectivity index (χ0) is 13.8. The molecule has 0 amide bonds. The van der Waals surface area contributed by atoms with Crippen molar-refractivity contribution < 1.29 is 14.3 Å². The number of esters is 1. The molecule has 0 saturated carbocycles. The van der Waals surface area contributed by atoms with Crippen molar-refractivity contribution in [3.63, 3.8) is 0 Å². The normalized spacial score (nSPS) is 21.7. The van der Waals surface area contributed by atoms with E-state index in [9.17, 15) is 9.59 Å². The van der Waals surface area contributed by atoms with Crippen LogP contribution in [0.2, 0.25) is 0 Å². The van der Waals surface area contributed by atoms with Gasteiger partial charge in [0.2, 0.25) is 0 Å². The topological polar surface area (TPSA) is 46.6 Å². The Kier molecular flexibility index (Phi) is 5.32. The highest BCUT2D eigenvalue weighted by molar-refractivity contribution is 6.03. The average Bonchev–Trinajstić information content (AvgIpc) is 2.32. The molecule has 0 aromatic heterocycles. The molecular formula is C14H25NO3. The molecule has 1 aliphatic heterocycles. The van der Waals surface area contributed by atoms with Crippen molar-refractivity contribution in [3.8, 4) is 0 Å². The number of carbonyl (C=O) groups excluding carboxylic acids is 2. The van der Waals surface area contributed by atoms with Crippen molar-refractivity contribution in [3.05, 3.63) is 0 Å². The number of hydrogen-bond acceptors (Lipinski definition) is 4. The van der Waals surface area contributed by atoms with Crippen molar-refractivity contribution in [1.29, 1.82) is 0 Å². The molecule has 0 radical (unpaired) electrons. The number of ether oxygens (including phenoxy) is 1. The van der Waals surface area contributed by atoms with Gasteiger partial charge in [-0.05, 0) is 47.1 Å². The van der Waals surface area contributed by atoms with Gasteiger partial charge < -0.3 is 4.74 Å². The number of ketones is 1. The van der Waals surface area contributed by atoms with Crippen LogP contribution in [-0.4, -0.2) is 42.4 Å². The van der Waals surface area contributed by atoms with Gasteiger partial charge in [0.1, 0.15) is 5.41 Å². The Bertz CT molecular complexity index is 312. The molecule has 0 aromatic carbocycles. The second-order valence-electron chi connectivity index (χ2n) is 5.58. The molecule has 0 N–H and O–H groups in total. The smallest absolute Gasteiger partial charge is 0.319 e. The predicted molar refractivity (Wildman–Crippen MR) is 70.3 cm³/mol. The van der Waals surface area contributed by atoms with Crippen LogP contribution in [0.25, 0.3) is 0 Å². The monoisotopic (exact) mass is 255 g/mol. The van der Waals surface area contributed by atoms with Gasteiger partial charge in [0.15, 0.2) is 5.78 Å². The first kappa shape index (κ1) is 15.2. The lowest BCUT2D eigenvalue weighted by atomic mass is 9.87. The van der Waals surface area contributed by atoms with Gasteiger partial charge in [0, 0.05) is 6.04 Å². The Morgan fingerprint density at radius 2 is 2.00 bits per heavy atom. The molecule has 0 aliphatic carbocycles. The molecule has 0 aromatic rings. The number of carbonyl (C=O) groups is 2. The highest BCUT2D eigenvalue weighted by atomic mass is 16.5. The van der Waals surface area contributed by atoms with Gasteiger partial charge in [-0.2, -0.15) is 0 Å². The molecule has 1 atom stereocenters. The standard InChI is InChI=1S/C14H25NO3/c1-5-18-13(17)14(3,4)12(16)10-15-9-7-6-8-11(15)2/h11H,5-10H2,1-4H3. The van der Waals surface area contributed by atoms with E-state index in [0.29, 0.717) is 19.2 Å². The molecule has 0 bridgehead atoms. The van der Waals surface area contributed by atoms with E-state index in [1.165, 1.54) is 6.42 Å². The molecule has 1 heterocycles. The lowest BCUT2D eigenvalue weighted by Crippen LogP contribution is -2.46. The van der Waals surface area contributed by atoms with E-state index in [2.05, 4.69) is 11.8 Å². The van der Waals surface area contributed by atoms with Crippen LogP contribution in [0.3, 0.4) is 0 Å². The maximum atomic E-state index is 12.3. The van der Waals surface area contributed by atoms with Crippen molar-refractivity contribution in [1.82, 2.24) is 4.90 Å². The van der Waals surface area contributed by atoms with Crippen molar-refractivity contribution in [2.75, 3.05) is 19.7 Å². The third kappa shape index (κ3) is 3.55. The van der Waals surface area contributed by atoms with Gasteiger partial charge in [-0.15, -0.1) is 0 Å². The van der Waals surface area contributed by atoms with Crippen LogP contribution in [0, 0.1) is 5.41 Å². The van der Waals surface area contributed by atoms with Crippen LogP contribution < -0.4 is 0 Å². The molecule has 104 valence electrons. The van der Waals surface area contributed by atoms with Gasteiger partial charge in [0.05, 0.1) is 13.2 Å². The Balaban J connectivity index is 2.60. The van der Waals surface area contributed by atoms with Crippen LogP contribution in [-0.2, 0) is 14.3 Å². The van der Waals surface area contributed by atoms with Crippen LogP contribution in [0.1, 0.15) is 47.0 Å². The number of likely N-dealkylation sites (tertiary alicyclic amines) is 1. The summed E-state index contributed by atoms with van der Waals surface area (Å²) in [6, 6.07) is 0.431. The second-order valence-corrected chi connectivity index (χ2v) is 5.58. The summed E-state index contributed by atoms with van der Waals surface area (Å²) in [4.78, 5) is 26.2. The van der Waals surface area contributed by atoms with Crippen molar-refractivity contribution in [2.45, 2.75) is 53.0 Å². The van der Waals surface area contributed by atoms with E-state index >= 15 is 0 Å². The second kappa shape index (κ2) is 6.32. The molecule has 1 fully saturated rings. The molecule has 1 rings (SSSR count). The molecule has 18 heavy (non-hydrogen) atoms. The van der Waals surface area contributed by atoms with E-state index in [4.69, 9.17) is 4.74 Å². The fourth-order valence-electron chi connectivity index (χ4n) is 2.20. The number of Topliss-reactive ketones (excluding diaryl/α,β-unsaturated/α-hetero) is 1. The lowest BCUT2D eigenvalue weighted by Gasteiger charge is -2.34. The predicted octanol–water partition coefficient (Wildman–Crippen LogP) is 2.02. The zero-order valence-electron chi connectivity index (χ0n) is 12.0. The van der Waals surface area contributed by atoms with Crippen molar-refractivity contribution in [2.24, 2.45) is 5.41 Å². The Morgan fingerprint density at radius 3 is 2.56 bits per heavy atom. The van der Waals surface area contributed by atoms with Gasteiger partial charge >= 0.3 is 5.97 Å². The zero-order valence-corrected chi connectivity index (χ0v) is 12.0. The fourth-order valence-corrected chi connectivity index (χ4v) is 2.20. The maximum Gasteiger partial charge on any atom is 0.319 e. The quantitative estimate of drug-likeness (QED) is 0.557. The molecular weight excluding hydrogens is 230 g/mol. The molecule has 0 spiro atoms. The minimum absolute atomic E-state index is 0.0466. The van der Waals surface area contributed by atoms with Gasteiger partial charge in [-0.1, -0.05) is 6.42 Å². The Hall–Kier alpha value is -0.900. The third-order valence-corrected chi connectivity index (χ3v) is 3.77. The fraction of sp³-hybridized carbons (Fsp3) is 0.857. The van der Waals surface area contributed by atoms with Crippen LogP contribution in [0.5, 0.6) is 0 Å². The first-order chi connectivity index (χ1) is 8.39. The summed E-state index contributed by atoms with van der Waals surface area (Å²) in [5.74, 6) is -0.464. The molecule has 1 unspecified atom stereocenters. The van der Waals surface area contributed by atoms with E-state index in [0.717, 1.165) is 19.4 Å². The molecule has 4 heteroatoms.